The predicted octanol–water partition coefficient (Wildman–Crippen LogP) is 1.31. The molecule has 2 aromatic rings. The van der Waals surface area contributed by atoms with Crippen molar-refractivity contribution < 1.29 is 17.7 Å². The van der Waals surface area contributed by atoms with E-state index < -0.39 is 16.1 Å². The molecule has 1 aromatic carbocycles. The van der Waals surface area contributed by atoms with Gasteiger partial charge in [0, 0.05) is 31.9 Å². The fourth-order valence-corrected chi connectivity index (χ4v) is 4.82. The van der Waals surface area contributed by atoms with Crippen LogP contribution in [0, 0.1) is 13.8 Å². The van der Waals surface area contributed by atoms with Crippen molar-refractivity contribution in [1.82, 2.24) is 14.8 Å². The predicted molar refractivity (Wildman–Crippen MR) is 101 cm³/mol. The fraction of sp³-hybridized carbons (Fsp3) is 0.444. The Balaban J connectivity index is 1.61. The average Bonchev–Trinajstić information content (AvgIpc) is 3.00. The van der Waals surface area contributed by atoms with Crippen molar-refractivity contribution in [2.75, 3.05) is 31.1 Å². The Morgan fingerprint density at radius 3 is 2.33 bits per heavy atom. The van der Waals surface area contributed by atoms with E-state index in [-0.39, 0.29) is 22.3 Å². The highest BCUT2D eigenvalue weighted by Crippen LogP contribution is 2.20. The number of hydrogen-bond donors (Lipinski definition) is 1. The second-order valence-corrected chi connectivity index (χ2v) is 8.29. The number of benzene rings is 1. The number of rotatable bonds is 5. The van der Waals surface area contributed by atoms with Gasteiger partial charge in [-0.25, -0.2) is 8.42 Å². The zero-order chi connectivity index (χ0) is 19.6. The molecular formula is C18H24N4O4S. The van der Waals surface area contributed by atoms with E-state index in [9.17, 15) is 13.2 Å². The summed E-state index contributed by atoms with van der Waals surface area (Å²) in [6.45, 7) is 7.15. The molecule has 1 aromatic heterocycles. The minimum Gasteiger partial charge on any atom is -0.368 e. The molecule has 2 heterocycles. The van der Waals surface area contributed by atoms with Crippen LogP contribution in [-0.2, 0) is 14.8 Å². The van der Waals surface area contributed by atoms with Gasteiger partial charge in [-0.3, -0.25) is 4.79 Å². The number of para-hydroxylation sites is 1. The first-order valence-corrected chi connectivity index (χ1v) is 10.3. The Bertz CT molecular complexity index is 883. The van der Waals surface area contributed by atoms with Gasteiger partial charge in [0.15, 0.2) is 5.76 Å². The number of nitrogens with one attached hydrogen (secondary N) is 1. The average molecular weight is 392 g/mol. The van der Waals surface area contributed by atoms with Gasteiger partial charge in [-0.1, -0.05) is 23.4 Å². The second kappa shape index (κ2) is 7.69. The maximum absolute atomic E-state index is 12.7. The third kappa shape index (κ3) is 4.14. The second-order valence-electron chi connectivity index (χ2n) is 6.64. The van der Waals surface area contributed by atoms with Gasteiger partial charge in [-0.2, -0.15) is 4.72 Å². The Morgan fingerprint density at radius 2 is 1.78 bits per heavy atom. The monoisotopic (exact) mass is 392 g/mol. The number of amides is 1. The van der Waals surface area contributed by atoms with Crippen molar-refractivity contribution in [2.24, 2.45) is 0 Å². The number of aryl methyl sites for hydroxylation is 2. The topological polar surface area (TPSA) is 95.8 Å². The molecule has 0 saturated carbocycles. The molecule has 27 heavy (non-hydrogen) atoms. The van der Waals surface area contributed by atoms with Gasteiger partial charge in [0.25, 0.3) is 0 Å². The third-order valence-corrected chi connectivity index (χ3v) is 6.44. The third-order valence-electron chi connectivity index (χ3n) is 4.65. The van der Waals surface area contributed by atoms with Crippen LogP contribution in [0.2, 0.25) is 0 Å². The number of anilines is 1. The molecule has 8 nitrogen and oxygen atoms in total. The van der Waals surface area contributed by atoms with Crippen LogP contribution in [-0.4, -0.2) is 56.6 Å². The molecule has 0 unspecified atom stereocenters. The molecule has 1 amide bonds. The van der Waals surface area contributed by atoms with E-state index in [1.54, 1.807) is 18.7 Å². The van der Waals surface area contributed by atoms with Crippen molar-refractivity contribution in [1.29, 1.82) is 0 Å². The maximum atomic E-state index is 12.7. The van der Waals surface area contributed by atoms with Gasteiger partial charge < -0.3 is 14.3 Å². The Morgan fingerprint density at radius 1 is 1.15 bits per heavy atom. The molecule has 1 N–H and O–H groups in total. The van der Waals surface area contributed by atoms with Crippen molar-refractivity contribution in [3.8, 4) is 0 Å². The first-order chi connectivity index (χ1) is 12.8. The van der Waals surface area contributed by atoms with Gasteiger partial charge in [-0.15, -0.1) is 0 Å². The fourth-order valence-electron chi connectivity index (χ4n) is 3.30. The molecule has 1 saturated heterocycles. The number of hydrogen-bond acceptors (Lipinski definition) is 6. The van der Waals surface area contributed by atoms with Crippen molar-refractivity contribution in [3.63, 3.8) is 0 Å². The highest BCUT2D eigenvalue weighted by molar-refractivity contribution is 7.89. The summed E-state index contributed by atoms with van der Waals surface area (Å²) >= 11 is 0. The summed E-state index contributed by atoms with van der Waals surface area (Å²) in [5.74, 6) is -0.0332. The van der Waals surface area contributed by atoms with Gasteiger partial charge in [0.2, 0.25) is 15.9 Å². The molecular weight excluding hydrogens is 368 g/mol. The van der Waals surface area contributed by atoms with E-state index >= 15 is 0 Å². The van der Waals surface area contributed by atoms with Crippen LogP contribution in [0.15, 0.2) is 39.8 Å². The highest BCUT2D eigenvalue weighted by Gasteiger charge is 2.31. The van der Waals surface area contributed by atoms with E-state index in [0.29, 0.717) is 26.2 Å². The van der Waals surface area contributed by atoms with Gasteiger partial charge in [0.05, 0.1) is 6.04 Å². The van der Waals surface area contributed by atoms with E-state index in [1.165, 1.54) is 6.92 Å². The number of carbonyl (C=O) groups excluding carboxylic acids is 1. The summed E-state index contributed by atoms with van der Waals surface area (Å²) in [6.07, 6.45) is 0. The molecule has 0 radical (unpaired) electrons. The number of piperazine rings is 1. The summed E-state index contributed by atoms with van der Waals surface area (Å²) in [6, 6.07) is 9.15. The van der Waals surface area contributed by atoms with Crippen molar-refractivity contribution in [2.45, 2.75) is 31.7 Å². The van der Waals surface area contributed by atoms with Crippen LogP contribution in [0.3, 0.4) is 0 Å². The summed E-state index contributed by atoms with van der Waals surface area (Å²) < 4.78 is 32.5. The van der Waals surface area contributed by atoms with Crippen LogP contribution in [0.4, 0.5) is 5.69 Å². The lowest BCUT2D eigenvalue weighted by atomic mass is 10.2. The molecule has 1 fully saturated rings. The van der Waals surface area contributed by atoms with Gasteiger partial charge >= 0.3 is 0 Å². The Hall–Kier alpha value is -2.39. The normalized spacial score (nSPS) is 16.4. The molecule has 9 heteroatoms. The Kier molecular flexibility index (Phi) is 5.52. The first kappa shape index (κ1) is 19.4. The minimum absolute atomic E-state index is 0.00366. The standard InChI is InChI=1S/C18H24N4O4S/c1-13-17(15(3)26-19-13)27(24,25)20-14(2)18(23)22-11-9-21(10-12-22)16-7-5-4-6-8-16/h4-8,14,20H,9-12H2,1-3H3/t14-/m1/s1. The minimum atomic E-state index is -3.88. The van der Waals surface area contributed by atoms with E-state index in [4.69, 9.17) is 4.52 Å². The molecule has 1 aliphatic rings. The molecule has 146 valence electrons. The molecule has 0 aliphatic carbocycles. The molecule has 0 spiro atoms. The number of sulfonamides is 1. The number of aromatic nitrogens is 1. The maximum Gasteiger partial charge on any atom is 0.246 e. The van der Waals surface area contributed by atoms with Crippen molar-refractivity contribution >= 4 is 21.6 Å². The van der Waals surface area contributed by atoms with Crippen LogP contribution >= 0.6 is 0 Å². The highest BCUT2D eigenvalue weighted by atomic mass is 32.2. The summed E-state index contributed by atoms with van der Waals surface area (Å²) in [4.78, 5) is 16.6. The number of nitrogens with zero attached hydrogens (tertiary/aromatic N) is 3. The lowest BCUT2D eigenvalue weighted by Gasteiger charge is -2.37. The largest absolute Gasteiger partial charge is 0.368 e. The molecule has 3 rings (SSSR count). The molecule has 0 bridgehead atoms. The van der Waals surface area contributed by atoms with Crippen LogP contribution in [0.25, 0.3) is 0 Å². The smallest absolute Gasteiger partial charge is 0.246 e. The molecule has 1 atom stereocenters. The SMILES string of the molecule is Cc1noc(C)c1S(=O)(=O)N[C@H](C)C(=O)N1CCN(c2ccccc2)CC1. The van der Waals surface area contributed by atoms with E-state index in [2.05, 4.69) is 14.8 Å². The zero-order valence-corrected chi connectivity index (χ0v) is 16.5. The van der Waals surface area contributed by atoms with Crippen LogP contribution in [0.5, 0.6) is 0 Å². The van der Waals surface area contributed by atoms with E-state index in [1.807, 2.05) is 30.3 Å². The zero-order valence-electron chi connectivity index (χ0n) is 15.7. The summed E-state index contributed by atoms with van der Waals surface area (Å²) in [5, 5.41) is 3.67. The van der Waals surface area contributed by atoms with Crippen LogP contribution in [0.1, 0.15) is 18.4 Å². The lowest BCUT2D eigenvalue weighted by Crippen LogP contribution is -2.54. The van der Waals surface area contributed by atoms with Gasteiger partial charge in [-0.05, 0) is 32.9 Å². The van der Waals surface area contributed by atoms with E-state index in [0.717, 1.165) is 5.69 Å². The first-order valence-electron chi connectivity index (χ1n) is 8.83. The van der Waals surface area contributed by atoms with Crippen LogP contribution < -0.4 is 9.62 Å². The Labute approximate surface area is 159 Å². The quantitative estimate of drug-likeness (QED) is 0.824. The van der Waals surface area contributed by atoms with Gasteiger partial charge in [0.1, 0.15) is 10.6 Å². The summed E-state index contributed by atoms with van der Waals surface area (Å²) in [7, 11) is -3.88. The number of carbonyl (C=O) groups is 1. The lowest BCUT2D eigenvalue weighted by molar-refractivity contribution is -0.132. The van der Waals surface area contributed by atoms with Crippen molar-refractivity contribution in [3.05, 3.63) is 41.8 Å². The summed E-state index contributed by atoms with van der Waals surface area (Å²) in [5.41, 5.74) is 1.40. The molecule has 1 aliphatic heterocycles.